The lowest BCUT2D eigenvalue weighted by Gasteiger charge is -2.18. The van der Waals surface area contributed by atoms with Crippen LogP contribution in [0.4, 0.5) is 4.79 Å². The maximum Gasteiger partial charge on any atom is 0.407 e. The molecule has 1 aliphatic rings. The highest BCUT2D eigenvalue weighted by molar-refractivity contribution is 5.83. The number of carbonyl (C=O) groups excluding carboxylic acids is 2. The monoisotopic (exact) mass is 466 g/mol. The molecule has 34 heavy (non-hydrogen) atoms. The fraction of sp³-hybridized carbons (Fsp3) is 0.444. The van der Waals surface area contributed by atoms with Crippen molar-refractivity contribution in [3.05, 3.63) is 59.7 Å². The fourth-order valence-corrected chi connectivity index (χ4v) is 4.58. The molecule has 0 spiro atoms. The van der Waals surface area contributed by atoms with Crippen molar-refractivity contribution in [2.24, 2.45) is 5.92 Å². The van der Waals surface area contributed by atoms with E-state index in [1.54, 1.807) is 0 Å². The molecule has 0 aliphatic heterocycles. The Morgan fingerprint density at radius 3 is 2.18 bits per heavy atom. The summed E-state index contributed by atoms with van der Waals surface area (Å²) in [6.45, 7) is 4.27. The molecule has 3 N–H and O–H groups in total. The van der Waals surface area contributed by atoms with Gasteiger partial charge in [0, 0.05) is 18.9 Å². The maximum atomic E-state index is 12.4. The zero-order chi connectivity index (χ0) is 24.5. The van der Waals surface area contributed by atoms with E-state index in [9.17, 15) is 14.4 Å². The van der Waals surface area contributed by atoms with Crippen molar-refractivity contribution in [1.82, 2.24) is 10.6 Å². The summed E-state index contributed by atoms with van der Waals surface area (Å²) in [5.41, 5.74) is 4.73. The highest BCUT2D eigenvalue weighted by atomic mass is 16.5. The summed E-state index contributed by atoms with van der Waals surface area (Å²) < 4.78 is 5.58. The highest BCUT2D eigenvalue weighted by Gasteiger charge is 2.29. The molecule has 2 aromatic carbocycles. The number of fused-ring (bicyclic) bond motifs is 3. The summed E-state index contributed by atoms with van der Waals surface area (Å²) in [5, 5.41) is 14.2. The van der Waals surface area contributed by atoms with Crippen molar-refractivity contribution in [3.63, 3.8) is 0 Å². The number of carboxylic acid groups (broad SMARTS) is 1. The topological polar surface area (TPSA) is 105 Å². The van der Waals surface area contributed by atoms with Gasteiger partial charge in [0.1, 0.15) is 12.6 Å². The van der Waals surface area contributed by atoms with Gasteiger partial charge in [0.15, 0.2) is 0 Å². The number of alkyl carbamates (subject to hydrolysis) is 1. The SMILES string of the molecule is CCCC(CCNC(=O)OCC1c2ccccc2-c2ccccc21)CCC(=O)N[C@@H](C)C(=O)O. The number of amides is 2. The van der Waals surface area contributed by atoms with Crippen LogP contribution >= 0.6 is 0 Å². The third kappa shape index (κ3) is 6.59. The van der Waals surface area contributed by atoms with Crippen LogP contribution in [0.1, 0.15) is 63.0 Å². The number of rotatable bonds is 12. The second-order valence-electron chi connectivity index (χ2n) is 8.86. The van der Waals surface area contributed by atoms with E-state index >= 15 is 0 Å². The molecule has 3 rings (SSSR count). The van der Waals surface area contributed by atoms with Gasteiger partial charge in [-0.1, -0.05) is 68.3 Å². The van der Waals surface area contributed by atoms with Crippen LogP contribution in [0.15, 0.2) is 48.5 Å². The van der Waals surface area contributed by atoms with Crippen LogP contribution in [0, 0.1) is 5.92 Å². The first kappa shape index (κ1) is 25.3. The standard InChI is InChI=1S/C27H34N2O5/c1-3-8-19(13-14-25(30)29-18(2)26(31)32)15-16-28-27(33)34-17-24-22-11-6-4-9-20(22)21-10-5-7-12-23(21)24/h4-7,9-12,18-19,24H,3,8,13-17H2,1-2H3,(H,28,33)(H,29,30)(H,31,32)/t18-,19?/m0/s1. The minimum atomic E-state index is -1.05. The molecule has 0 radical (unpaired) electrons. The number of aliphatic carboxylic acids is 1. The Hall–Kier alpha value is -3.35. The average Bonchev–Trinajstić information content (AvgIpc) is 3.15. The smallest absolute Gasteiger partial charge is 0.407 e. The van der Waals surface area contributed by atoms with Crippen molar-refractivity contribution >= 4 is 18.0 Å². The molecule has 1 unspecified atom stereocenters. The molecular formula is C27H34N2O5. The van der Waals surface area contributed by atoms with Crippen LogP contribution in [-0.2, 0) is 14.3 Å². The summed E-state index contributed by atoms with van der Waals surface area (Å²) in [5.74, 6) is -1.02. The number of ether oxygens (including phenoxy) is 1. The van der Waals surface area contributed by atoms with Gasteiger partial charge in [-0.05, 0) is 47.9 Å². The van der Waals surface area contributed by atoms with Gasteiger partial charge in [0.25, 0.3) is 0 Å². The summed E-state index contributed by atoms with van der Waals surface area (Å²) in [4.78, 5) is 35.2. The molecule has 0 bridgehead atoms. The van der Waals surface area contributed by atoms with E-state index < -0.39 is 18.1 Å². The zero-order valence-electron chi connectivity index (χ0n) is 19.9. The molecule has 7 heteroatoms. The number of benzene rings is 2. The van der Waals surface area contributed by atoms with E-state index in [0.29, 0.717) is 13.0 Å². The van der Waals surface area contributed by atoms with Crippen molar-refractivity contribution in [1.29, 1.82) is 0 Å². The maximum absolute atomic E-state index is 12.4. The minimum absolute atomic E-state index is 0.0256. The molecule has 7 nitrogen and oxygen atoms in total. The molecular weight excluding hydrogens is 432 g/mol. The Balaban J connectivity index is 1.44. The Kier molecular flexibility index (Phi) is 9.08. The first-order valence-corrected chi connectivity index (χ1v) is 12.0. The Labute approximate surface area is 200 Å². The molecule has 0 aromatic heterocycles. The van der Waals surface area contributed by atoms with Gasteiger partial charge in [-0.2, -0.15) is 0 Å². The van der Waals surface area contributed by atoms with Crippen LogP contribution in [0.5, 0.6) is 0 Å². The lowest BCUT2D eigenvalue weighted by Crippen LogP contribution is -2.38. The van der Waals surface area contributed by atoms with E-state index in [4.69, 9.17) is 9.84 Å². The Bertz CT molecular complexity index is 961. The summed E-state index contributed by atoms with van der Waals surface area (Å²) in [7, 11) is 0. The summed E-state index contributed by atoms with van der Waals surface area (Å²) >= 11 is 0. The molecule has 0 saturated heterocycles. The first-order valence-electron chi connectivity index (χ1n) is 12.0. The normalized spacial score (nSPS) is 13.9. The quantitative estimate of drug-likeness (QED) is 0.421. The third-order valence-corrected chi connectivity index (χ3v) is 6.39. The predicted octanol–water partition coefficient (Wildman–Crippen LogP) is 4.70. The molecule has 2 amide bonds. The van der Waals surface area contributed by atoms with Gasteiger partial charge < -0.3 is 20.5 Å². The lowest BCUT2D eigenvalue weighted by molar-refractivity contribution is -0.141. The van der Waals surface area contributed by atoms with Crippen LogP contribution in [0.25, 0.3) is 11.1 Å². The van der Waals surface area contributed by atoms with Crippen molar-refractivity contribution in [2.75, 3.05) is 13.2 Å². The Morgan fingerprint density at radius 2 is 1.59 bits per heavy atom. The van der Waals surface area contributed by atoms with Gasteiger partial charge in [-0.15, -0.1) is 0 Å². The van der Waals surface area contributed by atoms with Crippen molar-refractivity contribution in [2.45, 2.75) is 57.9 Å². The van der Waals surface area contributed by atoms with E-state index in [1.807, 2.05) is 24.3 Å². The highest BCUT2D eigenvalue weighted by Crippen LogP contribution is 2.44. The van der Waals surface area contributed by atoms with Crippen LogP contribution in [-0.4, -0.2) is 42.3 Å². The molecule has 0 fully saturated rings. The summed E-state index contributed by atoms with van der Waals surface area (Å²) in [6, 6.07) is 15.5. The predicted molar refractivity (Wildman–Crippen MR) is 131 cm³/mol. The molecule has 0 heterocycles. The van der Waals surface area contributed by atoms with Crippen molar-refractivity contribution < 1.29 is 24.2 Å². The number of nitrogens with one attached hydrogen (secondary N) is 2. The van der Waals surface area contributed by atoms with Gasteiger partial charge in [-0.25, -0.2) is 4.79 Å². The average molecular weight is 467 g/mol. The largest absolute Gasteiger partial charge is 0.480 e. The van der Waals surface area contributed by atoms with Crippen molar-refractivity contribution in [3.8, 4) is 11.1 Å². The lowest BCUT2D eigenvalue weighted by atomic mass is 9.94. The van der Waals surface area contributed by atoms with Gasteiger partial charge >= 0.3 is 12.1 Å². The van der Waals surface area contributed by atoms with Crippen LogP contribution in [0.2, 0.25) is 0 Å². The van der Waals surface area contributed by atoms with Crippen LogP contribution in [0.3, 0.4) is 0 Å². The van der Waals surface area contributed by atoms with Crippen LogP contribution < -0.4 is 10.6 Å². The second kappa shape index (κ2) is 12.2. The molecule has 2 atom stereocenters. The molecule has 1 aliphatic carbocycles. The summed E-state index contributed by atoms with van der Waals surface area (Å²) in [6.07, 6.45) is 3.13. The van der Waals surface area contributed by atoms with Gasteiger partial charge in [0.05, 0.1) is 0 Å². The Morgan fingerprint density at radius 1 is 0.971 bits per heavy atom. The van der Waals surface area contributed by atoms with E-state index in [1.165, 1.54) is 29.2 Å². The molecule has 182 valence electrons. The number of carbonyl (C=O) groups is 3. The number of carboxylic acids is 1. The minimum Gasteiger partial charge on any atom is -0.480 e. The molecule has 2 aromatic rings. The van der Waals surface area contributed by atoms with Gasteiger partial charge in [0.2, 0.25) is 5.91 Å². The van der Waals surface area contributed by atoms with E-state index in [0.717, 1.165) is 19.3 Å². The van der Waals surface area contributed by atoms with E-state index in [-0.39, 0.29) is 30.8 Å². The first-order chi connectivity index (χ1) is 16.4. The number of hydrogen-bond donors (Lipinski definition) is 3. The van der Waals surface area contributed by atoms with E-state index in [2.05, 4.69) is 41.8 Å². The third-order valence-electron chi connectivity index (χ3n) is 6.39. The number of hydrogen-bond acceptors (Lipinski definition) is 4. The molecule has 0 saturated carbocycles. The van der Waals surface area contributed by atoms with Gasteiger partial charge in [-0.3, -0.25) is 9.59 Å². The zero-order valence-corrected chi connectivity index (χ0v) is 19.9. The fourth-order valence-electron chi connectivity index (χ4n) is 4.58. The second-order valence-corrected chi connectivity index (χ2v) is 8.86.